The molecule has 0 radical (unpaired) electrons. The van der Waals surface area contributed by atoms with Crippen LogP contribution in [0.2, 0.25) is 0 Å². The number of ether oxygens (including phenoxy) is 1. The molecule has 2 fully saturated rings. The molecular weight excluding hydrogens is 200 g/mol. The van der Waals surface area contributed by atoms with Gasteiger partial charge in [-0.05, 0) is 51.2 Å². The van der Waals surface area contributed by atoms with Gasteiger partial charge >= 0.3 is 0 Å². The maximum Gasteiger partial charge on any atom is 0.0480 e. The first-order valence-corrected chi connectivity index (χ1v) is 6.92. The van der Waals surface area contributed by atoms with E-state index >= 15 is 0 Å². The highest BCUT2D eigenvalue weighted by Crippen LogP contribution is 2.16. The Balaban J connectivity index is 1.64. The molecule has 0 aromatic carbocycles. The fraction of sp³-hybridized carbons (Fsp3) is 1.00. The van der Waals surface area contributed by atoms with Crippen molar-refractivity contribution in [1.29, 1.82) is 0 Å². The van der Waals surface area contributed by atoms with Crippen LogP contribution in [-0.2, 0) is 4.74 Å². The van der Waals surface area contributed by atoms with Gasteiger partial charge in [-0.3, -0.25) is 0 Å². The lowest BCUT2D eigenvalue weighted by molar-refractivity contribution is 0.0749. The van der Waals surface area contributed by atoms with E-state index in [1.54, 1.807) is 0 Å². The molecule has 0 saturated carbocycles. The summed E-state index contributed by atoms with van der Waals surface area (Å²) in [5, 5.41) is 3.73. The predicted octanol–water partition coefficient (Wildman–Crippen LogP) is 1.49. The molecular formula is C13H26N2O. The van der Waals surface area contributed by atoms with E-state index in [0.29, 0.717) is 6.04 Å². The van der Waals surface area contributed by atoms with E-state index in [1.165, 1.54) is 51.9 Å². The Kier molecular flexibility index (Phi) is 5.07. The Bertz CT molecular complexity index is 192. The van der Waals surface area contributed by atoms with Crippen LogP contribution in [0.4, 0.5) is 0 Å². The van der Waals surface area contributed by atoms with Gasteiger partial charge in [-0.1, -0.05) is 6.92 Å². The second-order valence-corrected chi connectivity index (χ2v) is 5.20. The minimum atomic E-state index is 0.714. The standard InChI is InChI=1S/C13H26N2O/c1-2-15-7-3-4-12(11-15)10-14-13-5-8-16-9-6-13/h12-14H,2-11H2,1H3. The maximum atomic E-state index is 5.38. The lowest BCUT2D eigenvalue weighted by Crippen LogP contribution is -2.43. The number of hydrogen-bond acceptors (Lipinski definition) is 3. The topological polar surface area (TPSA) is 24.5 Å². The highest BCUT2D eigenvalue weighted by atomic mass is 16.5. The highest BCUT2D eigenvalue weighted by Gasteiger charge is 2.20. The zero-order chi connectivity index (χ0) is 11.2. The van der Waals surface area contributed by atoms with E-state index in [-0.39, 0.29) is 0 Å². The van der Waals surface area contributed by atoms with Crippen molar-refractivity contribution in [3.63, 3.8) is 0 Å². The SMILES string of the molecule is CCN1CCCC(CNC2CCOCC2)C1. The van der Waals surface area contributed by atoms with Crippen molar-refractivity contribution in [2.45, 2.75) is 38.6 Å². The number of nitrogens with zero attached hydrogens (tertiary/aromatic N) is 1. The van der Waals surface area contributed by atoms with Crippen LogP contribution in [0.1, 0.15) is 32.6 Å². The third-order valence-corrected chi connectivity index (χ3v) is 3.97. The predicted molar refractivity (Wildman–Crippen MR) is 66.7 cm³/mol. The zero-order valence-corrected chi connectivity index (χ0v) is 10.6. The molecule has 2 rings (SSSR count). The second kappa shape index (κ2) is 6.58. The molecule has 2 heterocycles. The average molecular weight is 226 g/mol. The Hall–Kier alpha value is -0.120. The van der Waals surface area contributed by atoms with Crippen molar-refractivity contribution >= 4 is 0 Å². The molecule has 0 aromatic heterocycles. The Morgan fingerprint density at radius 1 is 1.25 bits per heavy atom. The largest absolute Gasteiger partial charge is 0.381 e. The molecule has 0 amide bonds. The summed E-state index contributed by atoms with van der Waals surface area (Å²) < 4.78 is 5.38. The van der Waals surface area contributed by atoms with E-state index in [1.807, 2.05) is 0 Å². The first-order valence-electron chi connectivity index (χ1n) is 6.92. The minimum Gasteiger partial charge on any atom is -0.381 e. The summed E-state index contributed by atoms with van der Waals surface area (Å²) in [6.07, 6.45) is 5.19. The third kappa shape index (κ3) is 3.72. The molecule has 16 heavy (non-hydrogen) atoms. The minimum absolute atomic E-state index is 0.714. The summed E-state index contributed by atoms with van der Waals surface area (Å²) in [5.41, 5.74) is 0. The van der Waals surface area contributed by atoms with Crippen LogP contribution in [0.15, 0.2) is 0 Å². The first-order chi connectivity index (χ1) is 7.88. The zero-order valence-electron chi connectivity index (χ0n) is 10.6. The van der Waals surface area contributed by atoms with Gasteiger partial charge < -0.3 is 15.0 Å². The van der Waals surface area contributed by atoms with Crippen LogP contribution >= 0.6 is 0 Å². The van der Waals surface area contributed by atoms with E-state index < -0.39 is 0 Å². The summed E-state index contributed by atoms with van der Waals surface area (Å²) in [4.78, 5) is 2.58. The molecule has 94 valence electrons. The Labute approximate surface area is 99.5 Å². The fourth-order valence-corrected chi connectivity index (χ4v) is 2.84. The normalized spacial score (nSPS) is 29.4. The van der Waals surface area contributed by atoms with E-state index in [9.17, 15) is 0 Å². The van der Waals surface area contributed by atoms with Crippen molar-refractivity contribution in [2.24, 2.45) is 5.92 Å². The van der Waals surface area contributed by atoms with Crippen molar-refractivity contribution in [2.75, 3.05) is 39.4 Å². The Morgan fingerprint density at radius 3 is 2.81 bits per heavy atom. The molecule has 0 bridgehead atoms. The number of piperidine rings is 1. The van der Waals surface area contributed by atoms with Crippen LogP contribution in [0.25, 0.3) is 0 Å². The molecule has 2 aliphatic heterocycles. The molecule has 0 aliphatic carbocycles. The van der Waals surface area contributed by atoms with Crippen molar-refractivity contribution in [3.8, 4) is 0 Å². The molecule has 3 nitrogen and oxygen atoms in total. The van der Waals surface area contributed by atoms with Gasteiger partial charge in [0.05, 0.1) is 0 Å². The van der Waals surface area contributed by atoms with Crippen LogP contribution in [0.5, 0.6) is 0 Å². The Morgan fingerprint density at radius 2 is 2.06 bits per heavy atom. The maximum absolute atomic E-state index is 5.38. The summed E-state index contributed by atoms with van der Waals surface area (Å²) in [7, 11) is 0. The molecule has 0 spiro atoms. The number of nitrogens with one attached hydrogen (secondary N) is 1. The second-order valence-electron chi connectivity index (χ2n) is 5.20. The molecule has 3 heteroatoms. The molecule has 0 aromatic rings. The molecule has 1 N–H and O–H groups in total. The molecule has 2 saturated heterocycles. The van der Waals surface area contributed by atoms with Gasteiger partial charge in [-0.15, -0.1) is 0 Å². The summed E-state index contributed by atoms with van der Waals surface area (Å²) in [5.74, 6) is 0.872. The van der Waals surface area contributed by atoms with Gasteiger partial charge in [-0.25, -0.2) is 0 Å². The molecule has 1 atom stereocenters. The molecule has 2 aliphatic rings. The van der Waals surface area contributed by atoms with Gasteiger partial charge in [0.2, 0.25) is 0 Å². The molecule has 1 unspecified atom stereocenters. The number of hydrogen-bond donors (Lipinski definition) is 1. The van der Waals surface area contributed by atoms with Gasteiger partial charge in [0.25, 0.3) is 0 Å². The lowest BCUT2D eigenvalue weighted by Gasteiger charge is -2.33. The number of rotatable bonds is 4. The van der Waals surface area contributed by atoms with Gasteiger partial charge in [0, 0.05) is 25.8 Å². The van der Waals surface area contributed by atoms with Gasteiger partial charge in [0.1, 0.15) is 0 Å². The van der Waals surface area contributed by atoms with Crippen molar-refractivity contribution < 1.29 is 4.74 Å². The van der Waals surface area contributed by atoms with E-state index in [0.717, 1.165) is 19.1 Å². The third-order valence-electron chi connectivity index (χ3n) is 3.97. The summed E-state index contributed by atoms with van der Waals surface area (Å²) >= 11 is 0. The lowest BCUT2D eigenvalue weighted by atomic mass is 9.97. The van der Waals surface area contributed by atoms with Crippen molar-refractivity contribution in [1.82, 2.24) is 10.2 Å². The fourth-order valence-electron chi connectivity index (χ4n) is 2.84. The monoisotopic (exact) mass is 226 g/mol. The highest BCUT2D eigenvalue weighted by molar-refractivity contribution is 4.77. The summed E-state index contributed by atoms with van der Waals surface area (Å²) in [6, 6.07) is 0.714. The smallest absolute Gasteiger partial charge is 0.0480 e. The van der Waals surface area contributed by atoms with Gasteiger partial charge in [0.15, 0.2) is 0 Å². The van der Waals surface area contributed by atoms with Gasteiger partial charge in [-0.2, -0.15) is 0 Å². The van der Waals surface area contributed by atoms with E-state index in [2.05, 4.69) is 17.1 Å². The summed E-state index contributed by atoms with van der Waals surface area (Å²) in [6.45, 7) is 9.20. The quantitative estimate of drug-likeness (QED) is 0.786. The van der Waals surface area contributed by atoms with Crippen LogP contribution < -0.4 is 5.32 Å². The van der Waals surface area contributed by atoms with Crippen LogP contribution in [-0.4, -0.2) is 50.3 Å². The van der Waals surface area contributed by atoms with Crippen LogP contribution in [0.3, 0.4) is 0 Å². The number of likely N-dealkylation sites (tertiary alicyclic amines) is 1. The van der Waals surface area contributed by atoms with Crippen molar-refractivity contribution in [3.05, 3.63) is 0 Å². The average Bonchev–Trinajstić information content (AvgIpc) is 2.38. The first kappa shape index (κ1) is 12.3. The van der Waals surface area contributed by atoms with Crippen LogP contribution in [0, 0.1) is 5.92 Å². The van der Waals surface area contributed by atoms with E-state index in [4.69, 9.17) is 4.74 Å².